The van der Waals surface area contributed by atoms with Gasteiger partial charge in [-0.2, -0.15) is 0 Å². The highest BCUT2D eigenvalue weighted by atomic mass is 35.5. The summed E-state index contributed by atoms with van der Waals surface area (Å²) in [4.78, 5) is 0. The smallest absolute Gasteiger partial charge is 0.198 e. The summed E-state index contributed by atoms with van der Waals surface area (Å²) < 4.78 is 33.0. The van der Waals surface area contributed by atoms with E-state index < -0.39 is 23.2 Å². The SMILES string of the molecule is Cc1ccc(Oc2c(F)cc(/C(N)=N/O)cc2F)c(Cl)c1. The van der Waals surface area contributed by atoms with Crippen LogP contribution < -0.4 is 10.5 Å². The normalized spacial score (nSPS) is 11.5. The monoisotopic (exact) mass is 312 g/mol. The highest BCUT2D eigenvalue weighted by Gasteiger charge is 2.16. The van der Waals surface area contributed by atoms with Crippen LogP contribution in [0, 0.1) is 18.6 Å². The van der Waals surface area contributed by atoms with Crippen molar-refractivity contribution in [3.63, 3.8) is 0 Å². The summed E-state index contributed by atoms with van der Waals surface area (Å²) in [5, 5.41) is 11.4. The zero-order valence-electron chi connectivity index (χ0n) is 10.9. The summed E-state index contributed by atoms with van der Waals surface area (Å²) in [6, 6.07) is 6.61. The number of hydrogen-bond acceptors (Lipinski definition) is 3. The lowest BCUT2D eigenvalue weighted by molar-refractivity contribution is 0.318. The molecule has 4 nitrogen and oxygen atoms in total. The van der Waals surface area contributed by atoms with Crippen LogP contribution in [0.25, 0.3) is 0 Å². The van der Waals surface area contributed by atoms with Crippen LogP contribution in [-0.4, -0.2) is 11.0 Å². The van der Waals surface area contributed by atoms with E-state index in [-0.39, 0.29) is 16.3 Å². The average Bonchev–Trinajstić information content (AvgIpc) is 2.43. The number of nitrogens with two attached hydrogens (primary N) is 1. The molecular formula is C14H11ClF2N2O2. The molecule has 2 aromatic carbocycles. The van der Waals surface area contributed by atoms with E-state index in [4.69, 9.17) is 27.3 Å². The van der Waals surface area contributed by atoms with Gasteiger partial charge in [0.25, 0.3) is 0 Å². The van der Waals surface area contributed by atoms with E-state index in [0.717, 1.165) is 17.7 Å². The summed E-state index contributed by atoms with van der Waals surface area (Å²) in [5.41, 5.74) is 6.06. The fraction of sp³-hybridized carbons (Fsp3) is 0.0714. The van der Waals surface area contributed by atoms with Gasteiger partial charge >= 0.3 is 0 Å². The first-order chi connectivity index (χ1) is 9.92. The first kappa shape index (κ1) is 15.1. The van der Waals surface area contributed by atoms with E-state index in [1.54, 1.807) is 12.1 Å². The van der Waals surface area contributed by atoms with E-state index in [9.17, 15) is 8.78 Å². The van der Waals surface area contributed by atoms with Crippen LogP contribution in [-0.2, 0) is 0 Å². The van der Waals surface area contributed by atoms with Crippen LogP contribution in [0.5, 0.6) is 11.5 Å². The Hall–Kier alpha value is -2.34. The Morgan fingerprint density at radius 1 is 1.24 bits per heavy atom. The Balaban J connectivity index is 2.41. The Kier molecular flexibility index (Phi) is 4.28. The zero-order chi connectivity index (χ0) is 15.6. The van der Waals surface area contributed by atoms with Crippen molar-refractivity contribution in [2.75, 3.05) is 0 Å². The molecule has 7 heteroatoms. The Morgan fingerprint density at radius 2 is 1.86 bits per heavy atom. The molecule has 0 aliphatic carbocycles. The van der Waals surface area contributed by atoms with Gasteiger partial charge in [-0.05, 0) is 36.8 Å². The van der Waals surface area contributed by atoms with Crippen LogP contribution in [0.3, 0.4) is 0 Å². The largest absolute Gasteiger partial charge is 0.450 e. The molecule has 0 saturated heterocycles. The number of aryl methyl sites for hydroxylation is 1. The predicted molar refractivity (Wildman–Crippen MR) is 75.1 cm³/mol. The number of halogens is 3. The van der Waals surface area contributed by atoms with Crippen LogP contribution in [0.1, 0.15) is 11.1 Å². The fourth-order valence-corrected chi connectivity index (χ4v) is 1.94. The number of nitrogens with zero attached hydrogens (tertiary/aromatic N) is 1. The van der Waals surface area contributed by atoms with Gasteiger partial charge in [-0.3, -0.25) is 0 Å². The fourth-order valence-electron chi connectivity index (χ4n) is 1.66. The van der Waals surface area contributed by atoms with Gasteiger partial charge in [0, 0.05) is 5.56 Å². The van der Waals surface area contributed by atoms with Gasteiger partial charge in [0.05, 0.1) is 5.02 Å². The van der Waals surface area contributed by atoms with E-state index in [1.165, 1.54) is 6.07 Å². The molecule has 0 bridgehead atoms. The van der Waals surface area contributed by atoms with Gasteiger partial charge < -0.3 is 15.7 Å². The summed E-state index contributed by atoms with van der Waals surface area (Å²) in [7, 11) is 0. The van der Waals surface area contributed by atoms with Gasteiger partial charge in [0.2, 0.25) is 0 Å². The van der Waals surface area contributed by atoms with Crippen molar-refractivity contribution >= 4 is 17.4 Å². The summed E-state index contributed by atoms with van der Waals surface area (Å²) in [6.07, 6.45) is 0. The maximum Gasteiger partial charge on any atom is 0.198 e. The van der Waals surface area contributed by atoms with Gasteiger partial charge in [-0.15, -0.1) is 0 Å². The molecule has 0 aromatic heterocycles. The van der Waals surface area contributed by atoms with Crippen molar-refractivity contribution in [3.05, 3.63) is 58.1 Å². The number of hydrogen-bond donors (Lipinski definition) is 2. The number of ether oxygens (including phenoxy) is 1. The van der Waals surface area contributed by atoms with Crippen LogP contribution >= 0.6 is 11.6 Å². The third-order valence-corrected chi connectivity index (χ3v) is 3.00. The molecule has 2 rings (SSSR count). The van der Waals surface area contributed by atoms with E-state index in [2.05, 4.69) is 5.16 Å². The Labute approximate surface area is 124 Å². The van der Waals surface area contributed by atoms with E-state index in [0.29, 0.717) is 0 Å². The molecule has 21 heavy (non-hydrogen) atoms. The topological polar surface area (TPSA) is 67.8 Å². The minimum Gasteiger partial charge on any atom is -0.450 e. The minimum absolute atomic E-state index is 0.102. The number of amidine groups is 1. The summed E-state index contributed by atoms with van der Waals surface area (Å²) in [5.74, 6) is -2.89. The summed E-state index contributed by atoms with van der Waals surface area (Å²) >= 11 is 5.95. The van der Waals surface area contributed by atoms with Crippen molar-refractivity contribution in [1.82, 2.24) is 0 Å². The highest BCUT2D eigenvalue weighted by molar-refractivity contribution is 6.32. The molecule has 0 radical (unpaired) electrons. The number of rotatable bonds is 3. The van der Waals surface area contributed by atoms with Crippen molar-refractivity contribution in [3.8, 4) is 11.5 Å². The second-order valence-corrected chi connectivity index (χ2v) is 4.70. The molecule has 0 saturated carbocycles. The molecule has 0 atom stereocenters. The van der Waals surface area contributed by atoms with Gasteiger partial charge in [-0.25, -0.2) is 8.78 Å². The molecule has 110 valence electrons. The van der Waals surface area contributed by atoms with Crippen molar-refractivity contribution < 1.29 is 18.7 Å². The molecule has 0 aliphatic heterocycles. The standard InChI is InChI=1S/C14H11ClF2N2O2/c1-7-2-3-12(9(15)4-7)21-13-10(16)5-8(6-11(13)17)14(18)19-20/h2-6,20H,1H3,(H2,18,19). The second-order valence-electron chi connectivity index (χ2n) is 4.29. The second kappa shape index (κ2) is 5.97. The lowest BCUT2D eigenvalue weighted by atomic mass is 10.2. The third kappa shape index (κ3) is 3.22. The molecule has 0 aliphatic rings. The lowest BCUT2D eigenvalue weighted by Gasteiger charge is -2.11. The van der Waals surface area contributed by atoms with Crippen LogP contribution in [0.4, 0.5) is 8.78 Å². The molecule has 0 spiro atoms. The van der Waals surface area contributed by atoms with Crippen LogP contribution in [0.15, 0.2) is 35.5 Å². The molecule has 0 fully saturated rings. The molecule has 0 unspecified atom stereocenters. The quantitative estimate of drug-likeness (QED) is 0.392. The van der Waals surface area contributed by atoms with Gasteiger partial charge in [0.1, 0.15) is 5.75 Å². The maximum atomic E-state index is 13.9. The maximum absolute atomic E-state index is 13.9. The average molecular weight is 313 g/mol. The summed E-state index contributed by atoms with van der Waals surface area (Å²) in [6.45, 7) is 1.82. The van der Waals surface area contributed by atoms with Gasteiger partial charge in [0.15, 0.2) is 23.2 Å². The highest BCUT2D eigenvalue weighted by Crippen LogP contribution is 2.33. The van der Waals surface area contributed by atoms with Crippen molar-refractivity contribution in [1.29, 1.82) is 0 Å². The predicted octanol–water partition coefficient (Wildman–Crippen LogP) is 3.81. The first-order valence-electron chi connectivity index (χ1n) is 5.83. The van der Waals surface area contributed by atoms with Gasteiger partial charge in [-0.1, -0.05) is 22.8 Å². The van der Waals surface area contributed by atoms with E-state index in [1.807, 2.05) is 6.92 Å². The molecule has 2 aromatic rings. The lowest BCUT2D eigenvalue weighted by Crippen LogP contribution is -2.14. The first-order valence-corrected chi connectivity index (χ1v) is 6.21. The molecule has 3 N–H and O–H groups in total. The number of benzene rings is 2. The Morgan fingerprint density at radius 3 is 2.38 bits per heavy atom. The molecule has 0 heterocycles. The minimum atomic E-state index is -0.992. The molecule has 0 amide bonds. The zero-order valence-corrected chi connectivity index (χ0v) is 11.7. The van der Waals surface area contributed by atoms with Crippen LogP contribution in [0.2, 0.25) is 5.02 Å². The van der Waals surface area contributed by atoms with E-state index >= 15 is 0 Å². The third-order valence-electron chi connectivity index (χ3n) is 2.70. The van der Waals surface area contributed by atoms with Crippen molar-refractivity contribution in [2.45, 2.75) is 6.92 Å². The Bertz CT molecular complexity index is 697. The number of oxime groups is 1. The van der Waals surface area contributed by atoms with Crippen molar-refractivity contribution in [2.24, 2.45) is 10.9 Å². The molecular weight excluding hydrogens is 302 g/mol.